The second-order valence-corrected chi connectivity index (χ2v) is 10.4. The van der Waals surface area contributed by atoms with E-state index in [2.05, 4.69) is 115 Å². The first-order valence-corrected chi connectivity index (χ1v) is 13.6. The molecule has 0 aliphatic heterocycles. The van der Waals surface area contributed by atoms with Crippen molar-refractivity contribution < 1.29 is 8.83 Å². The van der Waals surface area contributed by atoms with Crippen molar-refractivity contribution in [2.45, 2.75) is 0 Å². The Hall–Kier alpha value is -5.34. The van der Waals surface area contributed by atoms with Crippen molar-refractivity contribution in [3.8, 4) is 22.3 Å². The van der Waals surface area contributed by atoms with E-state index >= 15 is 0 Å². The highest BCUT2D eigenvalue weighted by atomic mass is 16.3. The first kappa shape index (κ1) is 21.6. The van der Waals surface area contributed by atoms with Crippen molar-refractivity contribution in [2.75, 3.05) is 0 Å². The smallest absolute Gasteiger partial charge is 0.143 e. The van der Waals surface area contributed by atoms with Crippen LogP contribution in [0.25, 0.3) is 87.7 Å². The van der Waals surface area contributed by atoms with Crippen LogP contribution in [0.1, 0.15) is 0 Å². The predicted octanol–water partition coefficient (Wildman–Crippen LogP) is 11.1. The van der Waals surface area contributed by atoms with E-state index in [1.54, 1.807) is 0 Å². The molecule has 0 aliphatic carbocycles. The number of para-hydroxylation sites is 2. The van der Waals surface area contributed by atoms with Crippen molar-refractivity contribution in [3.05, 3.63) is 133 Å². The minimum Gasteiger partial charge on any atom is -0.455 e. The zero-order valence-electron chi connectivity index (χ0n) is 21.5. The van der Waals surface area contributed by atoms with Crippen molar-refractivity contribution in [1.29, 1.82) is 0 Å². The van der Waals surface area contributed by atoms with Crippen molar-refractivity contribution in [2.24, 2.45) is 0 Å². The van der Waals surface area contributed by atoms with Gasteiger partial charge >= 0.3 is 0 Å². The van der Waals surface area contributed by atoms with E-state index in [1.165, 1.54) is 27.1 Å². The van der Waals surface area contributed by atoms with Gasteiger partial charge in [-0.05, 0) is 45.3 Å². The van der Waals surface area contributed by atoms with Gasteiger partial charge in [0.15, 0.2) is 0 Å². The van der Waals surface area contributed by atoms with Gasteiger partial charge in [-0.3, -0.25) is 0 Å². The fraction of sp³-hybridized carbons (Fsp3) is 0. The summed E-state index contributed by atoms with van der Waals surface area (Å²) in [5, 5.41) is 9.29. The Balaban J connectivity index is 1.41. The molecule has 0 fully saturated rings. The minimum absolute atomic E-state index is 0.868. The molecule has 0 aliphatic rings. The normalized spacial score (nSPS) is 12.0. The fourth-order valence-electron chi connectivity index (χ4n) is 6.52. The standard InChI is InChI=1S/C38H22O2/c1-2-10-23(11-3-1)28-16-8-18-30-35-32(39-37(28)30)20-21-33-36(35)31-19-9-17-29(38(31)40-33)34-26-14-6-4-12-24(26)22-25-13-5-7-15-27(25)34/h1-22H. The zero-order chi connectivity index (χ0) is 26.2. The van der Waals surface area contributed by atoms with Gasteiger partial charge in [0, 0.05) is 38.2 Å². The molecule has 7 aromatic carbocycles. The molecule has 2 heteroatoms. The molecular formula is C38H22O2. The van der Waals surface area contributed by atoms with E-state index in [0.29, 0.717) is 0 Å². The number of rotatable bonds is 2. The topological polar surface area (TPSA) is 26.3 Å². The maximum atomic E-state index is 6.74. The Morgan fingerprint density at radius 3 is 1.50 bits per heavy atom. The molecule has 2 aromatic heterocycles. The van der Waals surface area contributed by atoms with Crippen LogP contribution in [0.2, 0.25) is 0 Å². The Morgan fingerprint density at radius 2 is 0.875 bits per heavy atom. The number of hydrogen-bond acceptors (Lipinski definition) is 2. The highest BCUT2D eigenvalue weighted by Gasteiger charge is 2.21. The van der Waals surface area contributed by atoms with Gasteiger partial charge in [-0.25, -0.2) is 0 Å². The van der Waals surface area contributed by atoms with Gasteiger partial charge in [-0.15, -0.1) is 0 Å². The first-order chi connectivity index (χ1) is 19.8. The maximum Gasteiger partial charge on any atom is 0.143 e. The monoisotopic (exact) mass is 510 g/mol. The lowest BCUT2D eigenvalue weighted by atomic mass is 9.91. The van der Waals surface area contributed by atoms with Crippen molar-refractivity contribution in [3.63, 3.8) is 0 Å². The van der Waals surface area contributed by atoms with Gasteiger partial charge in [-0.1, -0.05) is 115 Å². The number of furan rings is 2. The summed E-state index contributed by atoms with van der Waals surface area (Å²) in [6.45, 7) is 0. The van der Waals surface area contributed by atoms with Crippen LogP contribution in [0.15, 0.2) is 142 Å². The predicted molar refractivity (Wildman–Crippen MR) is 167 cm³/mol. The summed E-state index contributed by atoms with van der Waals surface area (Å²) in [6, 6.07) is 47.0. The van der Waals surface area contributed by atoms with Gasteiger partial charge in [0.05, 0.1) is 0 Å². The van der Waals surface area contributed by atoms with Crippen LogP contribution in [0, 0.1) is 0 Å². The molecule has 2 heterocycles. The van der Waals surface area contributed by atoms with Gasteiger partial charge in [-0.2, -0.15) is 0 Å². The zero-order valence-corrected chi connectivity index (χ0v) is 21.5. The third kappa shape index (κ3) is 2.93. The first-order valence-electron chi connectivity index (χ1n) is 13.6. The lowest BCUT2D eigenvalue weighted by molar-refractivity contribution is 0.664. The van der Waals surface area contributed by atoms with E-state index in [9.17, 15) is 0 Å². The lowest BCUT2D eigenvalue weighted by Gasteiger charge is -2.12. The summed E-state index contributed by atoms with van der Waals surface area (Å²) < 4.78 is 13.3. The number of benzene rings is 7. The van der Waals surface area contributed by atoms with Gasteiger partial charge < -0.3 is 8.83 Å². The van der Waals surface area contributed by atoms with Crippen LogP contribution in [0.5, 0.6) is 0 Å². The Bertz CT molecular complexity index is 2370. The molecule has 0 atom stereocenters. The molecule has 0 amide bonds. The van der Waals surface area contributed by atoms with Crippen molar-refractivity contribution >= 4 is 65.4 Å². The molecule has 9 aromatic rings. The third-order valence-corrected chi connectivity index (χ3v) is 8.25. The minimum atomic E-state index is 0.868. The van der Waals surface area contributed by atoms with E-state index in [-0.39, 0.29) is 0 Å². The van der Waals surface area contributed by atoms with E-state index < -0.39 is 0 Å². The largest absolute Gasteiger partial charge is 0.455 e. The van der Waals surface area contributed by atoms with Gasteiger partial charge in [0.2, 0.25) is 0 Å². The Morgan fingerprint density at radius 1 is 0.375 bits per heavy atom. The third-order valence-electron chi connectivity index (χ3n) is 8.25. The molecule has 0 N–H and O–H groups in total. The number of hydrogen-bond donors (Lipinski definition) is 0. The second-order valence-electron chi connectivity index (χ2n) is 10.4. The highest BCUT2D eigenvalue weighted by Crippen LogP contribution is 2.46. The summed E-state index contributed by atoms with van der Waals surface area (Å²) in [7, 11) is 0. The lowest BCUT2D eigenvalue weighted by Crippen LogP contribution is -1.86. The Labute approximate surface area is 229 Å². The molecule has 0 spiro atoms. The summed E-state index contributed by atoms with van der Waals surface area (Å²) in [5.74, 6) is 0. The summed E-state index contributed by atoms with van der Waals surface area (Å²) >= 11 is 0. The average molecular weight is 511 g/mol. The van der Waals surface area contributed by atoms with Crippen LogP contribution in [-0.4, -0.2) is 0 Å². The van der Waals surface area contributed by atoms with E-state index in [1.807, 2.05) is 18.2 Å². The summed E-state index contributed by atoms with van der Waals surface area (Å²) in [5.41, 5.74) is 8.10. The SMILES string of the molecule is c1ccc(-c2cccc3c2oc2ccc4oc5c(-c6c7ccccc7cc7ccccc67)cccc5c4c23)cc1. The molecule has 0 saturated heterocycles. The summed E-state index contributed by atoms with van der Waals surface area (Å²) in [4.78, 5) is 0. The molecule has 186 valence electrons. The molecule has 0 unspecified atom stereocenters. The Kier molecular flexibility index (Phi) is 4.36. The molecule has 0 radical (unpaired) electrons. The quantitative estimate of drug-likeness (QED) is 0.216. The van der Waals surface area contributed by atoms with E-state index in [4.69, 9.17) is 8.83 Å². The summed E-state index contributed by atoms with van der Waals surface area (Å²) in [6.07, 6.45) is 0. The molecule has 2 nitrogen and oxygen atoms in total. The van der Waals surface area contributed by atoms with Gasteiger partial charge in [0.25, 0.3) is 0 Å². The van der Waals surface area contributed by atoms with Gasteiger partial charge in [0.1, 0.15) is 22.3 Å². The number of fused-ring (bicyclic) bond motifs is 9. The molecule has 40 heavy (non-hydrogen) atoms. The van der Waals surface area contributed by atoms with Crippen LogP contribution in [0.4, 0.5) is 0 Å². The highest BCUT2D eigenvalue weighted by molar-refractivity contribution is 6.28. The fourth-order valence-corrected chi connectivity index (χ4v) is 6.52. The van der Waals surface area contributed by atoms with Crippen LogP contribution in [-0.2, 0) is 0 Å². The van der Waals surface area contributed by atoms with Crippen LogP contribution < -0.4 is 0 Å². The maximum absolute atomic E-state index is 6.74. The van der Waals surface area contributed by atoms with E-state index in [0.717, 1.165) is 60.6 Å². The molecular weight excluding hydrogens is 488 g/mol. The second kappa shape index (κ2) is 8.08. The van der Waals surface area contributed by atoms with Crippen LogP contribution in [0.3, 0.4) is 0 Å². The van der Waals surface area contributed by atoms with Crippen LogP contribution >= 0.6 is 0 Å². The molecule has 9 rings (SSSR count). The van der Waals surface area contributed by atoms with Crippen molar-refractivity contribution in [1.82, 2.24) is 0 Å². The average Bonchev–Trinajstić information content (AvgIpc) is 3.58. The molecule has 0 saturated carbocycles. The molecule has 0 bridgehead atoms.